The molecular weight excluding hydrogens is 456 g/mol. The maximum Gasteiger partial charge on any atom is 0.338 e. The van der Waals surface area contributed by atoms with Gasteiger partial charge in [-0.3, -0.25) is 4.90 Å². The van der Waals surface area contributed by atoms with Gasteiger partial charge in [0.1, 0.15) is 5.75 Å². The highest BCUT2D eigenvalue weighted by molar-refractivity contribution is 6.30. The summed E-state index contributed by atoms with van der Waals surface area (Å²) in [7, 11) is 1.58. The van der Waals surface area contributed by atoms with Crippen LogP contribution in [0.5, 0.6) is 5.75 Å². The number of methoxy groups -OCH3 is 1. The normalized spacial score (nSPS) is 18.9. The highest BCUT2D eigenvalue weighted by Gasteiger charge is 2.35. The molecule has 180 valence electrons. The minimum absolute atomic E-state index is 0.244. The van der Waals surface area contributed by atoms with Crippen LogP contribution < -0.4 is 20.3 Å². The lowest BCUT2D eigenvalue weighted by Crippen LogP contribution is -2.51. The Balaban J connectivity index is 1.56. The number of rotatable bonds is 7. The van der Waals surface area contributed by atoms with Gasteiger partial charge < -0.3 is 25.0 Å². The molecule has 2 aliphatic rings. The zero-order valence-corrected chi connectivity index (χ0v) is 20.1. The second kappa shape index (κ2) is 10.8. The standard InChI is InChI=1S/C25H29ClN4O4/c1-3-34-24(31)22-21(27-25(32)28-23(22)17-5-4-6-20(15-17)33-2)16-29-11-13-30(14-12-29)19-9-7-18(26)8-10-19/h4-10,15,23H,3,11-14,16H2,1-2H3,(H2,27,28,32)/t23-/m1/s1. The van der Waals surface area contributed by atoms with Gasteiger partial charge in [0.2, 0.25) is 0 Å². The van der Waals surface area contributed by atoms with Crippen molar-refractivity contribution in [2.45, 2.75) is 13.0 Å². The van der Waals surface area contributed by atoms with Crippen molar-refractivity contribution in [1.29, 1.82) is 0 Å². The number of nitrogens with one attached hydrogen (secondary N) is 2. The number of piperazine rings is 1. The molecule has 0 unspecified atom stereocenters. The van der Waals surface area contributed by atoms with E-state index in [2.05, 4.69) is 20.4 Å². The summed E-state index contributed by atoms with van der Waals surface area (Å²) in [6.07, 6.45) is 0. The van der Waals surface area contributed by atoms with E-state index >= 15 is 0 Å². The molecule has 0 spiro atoms. The fourth-order valence-electron chi connectivity index (χ4n) is 4.30. The third kappa shape index (κ3) is 5.46. The van der Waals surface area contributed by atoms with E-state index in [-0.39, 0.29) is 12.6 Å². The number of anilines is 1. The Labute approximate surface area is 204 Å². The number of ether oxygens (including phenoxy) is 2. The van der Waals surface area contributed by atoms with Crippen LogP contribution in [0.3, 0.4) is 0 Å². The van der Waals surface area contributed by atoms with E-state index in [1.807, 2.05) is 48.5 Å². The van der Waals surface area contributed by atoms with Crippen molar-refractivity contribution in [3.8, 4) is 5.75 Å². The number of amides is 2. The quantitative estimate of drug-likeness (QED) is 0.586. The molecule has 1 saturated heterocycles. The highest BCUT2D eigenvalue weighted by atomic mass is 35.5. The molecule has 0 aromatic heterocycles. The van der Waals surface area contributed by atoms with Gasteiger partial charge in [-0.1, -0.05) is 23.7 Å². The lowest BCUT2D eigenvalue weighted by atomic mass is 9.94. The van der Waals surface area contributed by atoms with Crippen molar-refractivity contribution in [2.24, 2.45) is 0 Å². The first-order valence-electron chi connectivity index (χ1n) is 11.3. The largest absolute Gasteiger partial charge is 0.497 e. The van der Waals surface area contributed by atoms with Crippen LogP contribution >= 0.6 is 11.6 Å². The van der Waals surface area contributed by atoms with Crippen LogP contribution in [0.25, 0.3) is 0 Å². The molecule has 34 heavy (non-hydrogen) atoms. The predicted octanol–water partition coefficient (Wildman–Crippen LogP) is 3.34. The molecule has 0 bridgehead atoms. The van der Waals surface area contributed by atoms with Crippen molar-refractivity contribution in [2.75, 3.05) is 51.3 Å². The smallest absolute Gasteiger partial charge is 0.338 e. The molecule has 2 N–H and O–H groups in total. The number of benzene rings is 2. The van der Waals surface area contributed by atoms with Crippen LogP contribution in [0.2, 0.25) is 5.02 Å². The average molecular weight is 485 g/mol. The number of urea groups is 1. The summed E-state index contributed by atoms with van der Waals surface area (Å²) in [6, 6.07) is 14.2. The first kappa shape index (κ1) is 23.9. The van der Waals surface area contributed by atoms with Crippen LogP contribution in [-0.4, -0.2) is 63.3 Å². The number of hydrogen-bond donors (Lipinski definition) is 2. The SMILES string of the molecule is CCOC(=O)C1=C(CN2CCN(c3ccc(Cl)cc3)CC2)NC(=O)N[C@@H]1c1cccc(OC)c1. The van der Waals surface area contributed by atoms with Crippen molar-refractivity contribution in [3.63, 3.8) is 0 Å². The lowest BCUT2D eigenvalue weighted by molar-refractivity contribution is -0.139. The molecule has 2 amide bonds. The van der Waals surface area contributed by atoms with Gasteiger partial charge in [-0.15, -0.1) is 0 Å². The summed E-state index contributed by atoms with van der Waals surface area (Å²) in [5.74, 6) is 0.200. The Morgan fingerprint density at radius 2 is 1.85 bits per heavy atom. The summed E-state index contributed by atoms with van der Waals surface area (Å²) in [4.78, 5) is 30.1. The molecule has 8 nitrogen and oxygen atoms in total. The van der Waals surface area contributed by atoms with E-state index < -0.39 is 12.0 Å². The molecule has 2 heterocycles. The molecule has 2 aromatic carbocycles. The van der Waals surface area contributed by atoms with Gasteiger partial charge in [-0.05, 0) is 48.9 Å². The second-order valence-electron chi connectivity index (χ2n) is 8.16. The summed E-state index contributed by atoms with van der Waals surface area (Å²) in [5, 5.41) is 6.45. The molecule has 1 fully saturated rings. The topological polar surface area (TPSA) is 83.1 Å². The summed E-state index contributed by atoms with van der Waals surface area (Å²) < 4.78 is 10.7. The summed E-state index contributed by atoms with van der Waals surface area (Å²) in [6.45, 7) is 5.68. The van der Waals surface area contributed by atoms with Crippen LogP contribution in [-0.2, 0) is 9.53 Å². The van der Waals surface area contributed by atoms with Crippen LogP contribution in [0.15, 0.2) is 59.8 Å². The third-order valence-corrected chi connectivity index (χ3v) is 6.27. The van der Waals surface area contributed by atoms with Crippen LogP contribution in [0.4, 0.5) is 10.5 Å². The van der Waals surface area contributed by atoms with Crippen LogP contribution in [0.1, 0.15) is 18.5 Å². The number of esters is 1. The maximum atomic E-state index is 13.0. The Morgan fingerprint density at radius 1 is 1.12 bits per heavy atom. The number of halogens is 1. The molecule has 9 heteroatoms. The maximum absolute atomic E-state index is 13.0. The number of carbonyl (C=O) groups excluding carboxylic acids is 2. The Bertz CT molecular complexity index is 1060. The number of nitrogens with zero attached hydrogens (tertiary/aromatic N) is 2. The van der Waals surface area contributed by atoms with Gasteiger partial charge in [0.25, 0.3) is 0 Å². The molecule has 1 atom stereocenters. The van der Waals surface area contributed by atoms with E-state index in [0.29, 0.717) is 28.6 Å². The summed E-state index contributed by atoms with van der Waals surface area (Å²) in [5.41, 5.74) is 2.86. The Hall–Kier alpha value is -3.23. The number of carbonyl (C=O) groups is 2. The highest BCUT2D eigenvalue weighted by Crippen LogP contribution is 2.30. The number of hydrogen-bond acceptors (Lipinski definition) is 6. The molecule has 2 aromatic rings. The van der Waals surface area contributed by atoms with Gasteiger partial charge in [0, 0.05) is 49.1 Å². The molecule has 0 radical (unpaired) electrons. The fraction of sp³-hybridized carbons (Fsp3) is 0.360. The average Bonchev–Trinajstić information content (AvgIpc) is 2.85. The Kier molecular flexibility index (Phi) is 7.59. The minimum atomic E-state index is -0.631. The molecule has 4 rings (SSSR count). The molecule has 0 aliphatic carbocycles. The third-order valence-electron chi connectivity index (χ3n) is 6.02. The van der Waals surface area contributed by atoms with E-state index in [1.54, 1.807) is 14.0 Å². The van der Waals surface area contributed by atoms with Gasteiger partial charge in [-0.25, -0.2) is 9.59 Å². The van der Waals surface area contributed by atoms with Crippen molar-refractivity contribution < 1.29 is 19.1 Å². The zero-order valence-electron chi connectivity index (χ0n) is 19.3. The van der Waals surface area contributed by atoms with E-state index in [4.69, 9.17) is 21.1 Å². The summed E-state index contributed by atoms with van der Waals surface area (Å²) >= 11 is 6.01. The fourth-order valence-corrected chi connectivity index (χ4v) is 4.43. The predicted molar refractivity (Wildman–Crippen MR) is 131 cm³/mol. The van der Waals surface area contributed by atoms with Crippen LogP contribution in [0, 0.1) is 0 Å². The van der Waals surface area contributed by atoms with Gasteiger partial charge in [0.15, 0.2) is 0 Å². The first-order chi connectivity index (χ1) is 16.5. The molecule has 2 aliphatic heterocycles. The van der Waals surface area contributed by atoms with Crippen molar-refractivity contribution in [1.82, 2.24) is 15.5 Å². The van der Waals surface area contributed by atoms with Gasteiger partial charge >= 0.3 is 12.0 Å². The second-order valence-corrected chi connectivity index (χ2v) is 8.60. The molecule has 0 saturated carbocycles. The van der Waals surface area contributed by atoms with Gasteiger partial charge in [-0.2, -0.15) is 0 Å². The van der Waals surface area contributed by atoms with E-state index in [1.165, 1.54) is 0 Å². The van der Waals surface area contributed by atoms with Gasteiger partial charge in [0.05, 0.1) is 25.3 Å². The zero-order chi connectivity index (χ0) is 24.1. The van der Waals surface area contributed by atoms with Crippen molar-refractivity contribution >= 4 is 29.3 Å². The monoisotopic (exact) mass is 484 g/mol. The first-order valence-corrected chi connectivity index (χ1v) is 11.7. The van der Waals surface area contributed by atoms with E-state index in [0.717, 1.165) is 37.4 Å². The Morgan fingerprint density at radius 3 is 2.53 bits per heavy atom. The molecular formula is C25H29ClN4O4. The minimum Gasteiger partial charge on any atom is -0.497 e. The van der Waals surface area contributed by atoms with Crippen molar-refractivity contribution in [3.05, 3.63) is 70.4 Å². The lowest BCUT2D eigenvalue weighted by Gasteiger charge is -2.38. The van der Waals surface area contributed by atoms with E-state index in [9.17, 15) is 9.59 Å².